The van der Waals surface area contributed by atoms with Crippen LogP contribution in [0.4, 0.5) is 0 Å². The van der Waals surface area contributed by atoms with Gasteiger partial charge in [0.1, 0.15) is 5.75 Å². The Morgan fingerprint density at radius 3 is 2.12 bits per heavy atom. The van der Waals surface area contributed by atoms with E-state index in [0.717, 1.165) is 48.9 Å². The molecule has 4 rings (SSSR count). The minimum absolute atomic E-state index is 0.0471. The maximum atomic E-state index is 12.6. The van der Waals surface area contributed by atoms with Crippen molar-refractivity contribution in [2.75, 3.05) is 0 Å². The van der Waals surface area contributed by atoms with Crippen LogP contribution in [0.15, 0.2) is 36.7 Å². The average Bonchev–Trinajstić information content (AvgIpc) is 2.88. The highest BCUT2D eigenvalue weighted by atomic mass is 16.5. The molecule has 0 N–H and O–H groups in total. The number of esters is 1. The second-order valence-electron chi connectivity index (χ2n) is 10.3. The maximum Gasteiger partial charge on any atom is 0.314 e. The van der Waals surface area contributed by atoms with Gasteiger partial charge in [-0.1, -0.05) is 39.5 Å². The number of carbonyl (C=O) groups excluding carboxylic acids is 1. The monoisotopic (exact) mass is 448 g/mol. The highest BCUT2D eigenvalue weighted by Gasteiger charge is 2.27. The van der Waals surface area contributed by atoms with Gasteiger partial charge in [-0.2, -0.15) is 0 Å². The van der Waals surface area contributed by atoms with Crippen LogP contribution in [0.2, 0.25) is 0 Å². The summed E-state index contributed by atoms with van der Waals surface area (Å²) in [6.07, 6.45) is 18.6. The fourth-order valence-electron chi connectivity index (χ4n) is 5.65. The van der Waals surface area contributed by atoms with Gasteiger partial charge in [0.2, 0.25) is 0 Å². The quantitative estimate of drug-likeness (QED) is 0.306. The Morgan fingerprint density at radius 2 is 1.52 bits per heavy atom. The third-order valence-electron chi connectivity index (χ3n) is 8.04. The lowest BCUT2D eigenvalue weighted by Crippen LogP contribution is -2.25. The molecular formula is C29H40N2O2. The van der Waals surface area contributed by atoms with E-state index >= 15 is 0 Å². The molecule has 0 unspecified atom stereocenters. The summed E-state index contributed by atoms with van der Waals surface area (Å²) < 4.78 is 5.70. The molecule has 2 aliphatic rings. The molecule has 0 saturated heterocycles. The summed E-state index contributed by atoms with van der Waals surface area (Å²) in [5.41, 5.74) is 2.22. The van der Waals surface area contributed by atoms with Crippen LogP contribution >= 0.6 is 0 Å². The van der Waals surface area contributed by atoms with E-state index in [9.17, 15) is 4.79 Å². The minimum Gasteiger partial charge on any atom is -0.426 e. The molecule has 4 heteroatoms. The average molecular weight is 449 g/mol. The summed E-state index contributed by atoms with van der Waals surface area (Å²) in [5.74, 6) is 3.61. The van der Waals surface area contributed by atoms with Gasteiger partial charge in [-0.05, 0) is 98.9 Å². The minimum atomic E-state index is -0.0740. The van der Waals surface area contributed by atoms with Crippen molar-refractivity contribution >= 4 is 5.97 Å². The molecule has 33 heavy (non-hydrogen) atoms. The van der Waals surface area contributed by atoms with Crippen LogP contribution < -0.4 is 4.74 Å². The van der Waals surface area contributed by atoms with Crippen molar-refractivity contribution in [3.8, 4) is 17.1 Å². The smallest absolute Gasteiger partial charge is 0.314 e. The lowest BCUT2D eigenvalue weighted by Gasteiger charge is -2.27. The number of benzene rings is 1. The number of rotatable bonds is 8. The van der Waals surface area contributed by atoms with E-state index in [-0.39, 0.29) is 11.9 Å². The number of ether oxygens (including phenoxy) is 1. The second kappa shape index (κ2) is 11.8. The summed E-state index contributed by atoms with van der Waals surface area (Å²) in [4.78, 5) is 21.9. The predicted molar refractivity (Wildman–Crippen MR) is 133 cm³/mol. The maximum absolute atomic E-state index is 12.6. The third kappa shape index (κ3) is 6.43. The van der Waals surface area contributed by atoms with Crippen molar-refractivity contribution in [1.29, 1.82) is 0 Å². The lowest BCUT2D eigenvalue weighted by molar-refractivity contribution is -0.140. The molecule has 0 radical (unpaired) electrons. The number of unbranched alkanes of at least 4 members (excludes halogenated alkanes) is 1. The largest absolute Gasteiger partial charge is 0.426 e. The first kappa shape index (κ1) is 23.9. The molecule has 0 bridgehead atoms. The van der Waals surface area contributed by atoms with E-state index in [1.54, 1.807) is 0 Å². The van der Waals surface area contributed by atoms with E-state index in [1.807, 2.05) is 36.7 Å². The van der Waals surface area contributed by atoms with Crippen molar-refractivity contribution in [3.05, 3.63) is 42.2 Å². The van der Waals surface area contributed by atoms with Crippen LogP contribution in [0.5, 0.6) is 5.75 Å². The molecule has 1 aromatic carbocycles. The Kier molecular flexibility index (Phi) is 8.52. The van der Waals surface area contributed by atoms with E-state index in [1.165, 1.54) is 56.9 Å². The van der Waals surface area contributed by atoms with Gasteiger partial charge in [0.15, 0.2) is 5.82 Å². The second-order valence-corrected chi connectivity index (χ2v) is 10.3. The van der Waals surface area contributed by atoms with Gasteiger partial charge in [0.05, 0.1) is 5.92 Å². The van der Waals surface area contributed by atoms with Gasteiger partial charge in [-0.25, -0.2) is 9.97 Å². The SMILES string of the molecule is CCCC[C@H]1CC[C@H](C(=O)Oc2ccc(-c3ncc([C@H]4CC[C@H](CC)CC4)cn3)cc2)CC1. The number of hydrogen-bond donors (Lipinski definition) is 0. The van der Waals surface area contributed by atoms with Gasteiger partial charge >= 0.3 is 5.97 Å². The Balaban J connectivity index is 1.28. The van der Waals surface area contributed by atoms with Gasteiger partial charge in [0, 0.05) is 18.0 Å². The first-order valence-corrected chi connectivity index (χ1v) is 13.3. The Hall–Kier alpha value is -2.23. The van der Waals surface area contributed by atoms with Gasteiger partial charge in [-0.15, -0.1) is 0 Å². The van der Waals surface area contributed by atoms with Gasteiger partial charge < -0.3 is 4.74 Å². The highest BCUT2D eigenvalue weighted by Crippen LogP contribution is 2.37. The Labute approximate surface area is 199 Å². The molecule has 2 saturated carbocycles. The molecule has 0 atom stereocenters. The molecule has 2 fully saturated rings. The van der Waals surface area contributed by atoms with Crippen LogP contribution in [0.25, 0.3) is 11.4 Å². The van der Waals surface area contributed by atoms with Crippen LogP contribution in [-0.4, -0.2) is 15.9 Å². The summed E-state index contributed by atoms with van der Waals surface area (Å²) >= 11 is 0. The zero-order valence-electron chi connectivity index (χ0n) is 20.5. The fourth-order valence-corrected chi connectivity index (χ4v) is 5.65. The Bertz CT molecular complexity index is 861. The number of aromatic nitrogens is 2. The van der Waals surface area contributed by atoms with Crippen molar-refractivity contribution < 1.29 is 9.53 Å². The molecule has 4 nitrogen and oxygen atoms in total. The highest BCUT2D eigenvalue weighted by molar-refractivity contribution is 5.75. The first-order valence-electron chi connectivity index (χ1n) is 13.3. The zero-order chi connectivity index (χ0) is 23.0. The van der Waals surface area contributed by atoms with Gasteiger partial charge in [-0.3, -0.25) is 4.79 Å². The molecule has 0 aliphatic heterocycles. The summed E-state index contributed by atoms with van der Waals surface area (Å²) in [6, 6.07) is 7.63. The number of carbonyl (C=O) groups is 1. The number of nitrogens with zero attached hydrogens (tertiary/aromatic N) is 2. The van der Waals surface area contributed by atoms with E-state index in [2.05, 4.69) is 23.8 Å². The van der Waals surface area contributed by atoms with Crippen molar-refractivity contribution in [2.24, 2.45) is 17.8 Å². The summed E-state index contributed by atoms with van der Waals surface area (Å²) in [6.45, 7) is 4.54. The fraction of sp³-hybridized carbons (Fsp3) is 0.621. The van der Waals surface area contributed by atoms with Crippen molar-refractivity contribution in [3.63, 3.8) is 0 Å². The van der Waals surface area contributed by atoms with Crippen LogP contribution in [0.1, 0.15) is 102 Å². The van der Waals surface area contributed by atoms with E-state index in [0.29, 0.717) is 11.7 Å². The van der Waals surface area contributed by atoms with Crippen LogP contribution in [-0.2, 0) is 4.79 Å². The zero-order valence-corrected chi connectivity index (χ0v) is 20.5. The normalized spacial score (nSPS) is 25.5. The standard InChI is InChI=1S/C29H40N2O2/c1-3-5-6-22-9-13-25(14-10-22)29(32)33-27-17-15-24(16-18-27)28-30-19-26(20-31-28)23-11-7-21(4-2)8-12-23/h15-23,25H,3-14H2,1-2H3/t21-,22-,23-,25-. The van der Waals surface area contributed by atoms with Crippen LogP contribution in [0.3, 0.4) is 0 Å². The topological polar surface area (TPSA) is 52.1 Å². The van der Waals surface area contributed by atoms with E-state index < -0.39 is 0 Å². The van der Waals surface area contributed by atoms with Crippen LogP contribution in [0, 0.1) is 17.8 Å². The summed E-state index contributed by atoms with van der Waals surface area (Å²) in [5, 5.41) is 0. The van der Waals surface area contributed by atoms with E-state index in [4.69, 9.17) is 4.74 Å². The first-order chi connectivity index (χ1) is 16.2. The molecule has 2 aromatic rings. The third-order valence-corrected chi connectivity index (χ3v) is 8.04. The Morgan fingerprint density at radius 1 is 0.879 bits per heavy atom. The van der Waals surface area contributed by atoms with Crippen molar-refractivity contribution in [1.82, 2.24) is 9.97 Å². The molecule has 0 spiro atoms. The molecule has 1 aromatic heterocycles. The molecule has 2 aliphatic carbocycles. The molecule has 1 heterocycles. The van der Waals surface area contributed by atoms with Crippen molar-refractivity contribution in [2.45, 2.75) is 96.8 Å². The number of hydrogen-bond acceptors (Lipinski definition) is 4. The molecular weight excluding hydrogens is 408 g/mol. The molecule has 0 amide bonds. The summed E-state index contributed by atoms with van der Waals surface area (Å²) in [7, 11) is 0. The predicted octanol–water partition coefficient (Wildman–Crippen LogP) is 7.73. The lowest BCUT2D eigenvalue weighted by atomic mass is 9.78. The van der Waals surface area contributed by atoms with Gasteiger partial charge in [0.25, 0.3) is 0 Å². The molecule has 178 valence electrons.